The van der Waals surface area contributed by atoms with Crippen LogP contribution in [0.2, 0.25) is 0 Å². The first-order valence-corrected chi connectivity index (χ1v) is 6.94. The molecule has 18 heavy (non-hydrogen) atoms. The molecule has 0 bridgehead atoms. The molecule has 1 aliphatic rings. The third kappa shape index (κ3) is 2.74. The van der Waals surface area contributed by atoms with Crippen molar-refractivity contribution < 1.29 is 4.79 Å². The van der Waals surface area contributed by atoms with Gasteiger partial charge in [-0.2, -0.15) is 0 Å². The summed E-state index contributed by atoms with van der Waals surface area (Å²) in [5, 5.41) is 3.50. The van der Waals surface area contributed by atoms with E-state index in [4.69, 9.17) is 0 Å². The Balaban J connectivity index is 1.93. The average Bonchev–Trinajstić information content (AvgIpc) is 3.17. The van der Waals surface area contributed by atoms with Crippen LogP contribution < -0.4 is 5.32 Å². The van der Waals surface area contributed by atoms with Crippen molar-refractivity contribution in [3.8, 4) is 0 Å². The number of Topliss-reactive ketones (excluding diaryl/α,β-unsaturated/α-hetero) is 1. The van der Waals surface area contributed by atoms with Gasteiger partial charge in [-0.1, -0.05) is 20.8 Å². The van der Waals surface area contributed by atoms with E-state index in [2.05, 4.69) is 19.2 Å². The Morgan fingerprint density at radius 3 is 2.33 bits per heavy atom. The molecule has 0 spiro atoms. The van der Waals surface area contributed by atoms with E-state index >= 15 is 0 Å². The van der Waals surface area contributed by atoms with Crippen LogP contribution in [0.15, 0.2) is 24.3 Å². The number of hydrogen-bond acceptors (Lipinski definition) is 2. The number of anilines is 1. The maximum atomic E-state index is 11.5. The number of carbonyl (C=O) groups is 1. The Kier molecular flexibility index (Phi) is 3.74. The molecule has 98 valence electrons. The minimum absolute atomic E-state index is 0.211. The Morgan fingerprint density at radius 2 is 1.89 bits per heavy atom. The quantitative estimate of drug-likeness (QED) is 0.764. The zero-order chi connectivity index (χ0) is 13.2. The molecule has 0 atom stereocenters. The Bertz CT molecular complexity index is 415. The lowest BCUT2D eigenvalue weighted by Gasteiger charge is -2.20. The van der Waals surface area contributed by atoms with Gasteiger partial charge in [0.2, 0.25) is 0 Å². The Labute approximate surface area is 110 Å². The minimum Gasteiger partial charge on any atom is -0.384 e. The number of ketones is 1. The van der Waals surface area contributed by atoms with E-state index in [9.17, 15) is 4.79 Å². The molecule has 2 nitrogen and oxygen atoms in total. The molecule has 0 saturated heterocycles. The first-order chi connectivity index (χ1) is 8.57. The largest absolute Gasteiger partial charge is 0.384 e. The van der Waals surface area contributed by atoms with Gasteiger partial charge >= 0.3 is 0 Å². The molecule has 2 heteroatoms. The SMILES string of the molecule is CCC(=O)c1ccc(NCC2(C(C)C)CC2)cc1. The molecule has 1 N–H and O–H groups in total. The summed E-state index contributed by atoms with van der Waals surface area (Å²) < 4.78 is 0. The average molecular weight is 245 g/mol. The van der Waals surface area contributed by atoms with Crippen LogP contribution in [-0.2, 0) is 0 Å². The van der Waals surface area contributed by atoms with Crippen molar-refractivity contribution in [3.05, 3.63) is 29.8 Å². The van der Waals surface area contributed by atoms with Crippen LogP contribution in [0.1, 0.15) is 50.4 Å². The molecule has 1 aliphatic carbocycles. The van der Waals surface area contributed by atoms with Gasteiger partial charge in [0.05, 0.1) is 0 Å². The molecule has 0 radical (unpaired) electrons. The van der Waals surface area contributed by atoms with Gasteiger partial charge in [0.15, 0.2) is 5.78 Å². The summed E-state index contributed by atoms with van der Waals surface area (Å²) in [6, 6.07) is 7.87. The lowest BCUT2D eigenvalue weighted by molar-refractivity contribution is 0.0988. The van der Waals surface area contributed by atoms with E-state index in [1.165, 1.54) is 12.8 Å². The van der Waals surface area contributed by atoms with Gasteiger partial charge in [-0.25, -0.2) is 0 Å². The lowest BCUT2D eigenvalue weighted by atomic mass is 9.92. The molecular weight excluding hydrogens is 222 g/mol. The second kappa shape index (κ2) is 5.13. The first kappa shape index (κ1) is 13.1. The van der Waals surface area contributed by atoms with Crippen molar-refractivity contribution in [1.82, 2.24) is 0 Å². The Hall–Kier alpha value is -1.31. The summed E-state index contributed by atoms with van der Waals surface area (Å²) >= 11 is 0. The summed E-state index contributed by atoms with van der Waals surface area (Å²) in [6.45, 7) is 7.55. The van der Waals surface area contributed by atoms with Gasteiger partial charge in [0, 0.05) is 24.2 Å². The van der Waals surface area contributed by atoms with Gasteiger partial charge < -0.3 is 5.32 Å². The zero-order valence-electron chi connectivity index (χ0n) is 11.6. The summed E-state index contributed by atoms with van der Waals surface area (Å²) in [7, 11) is 0. The number of carbonyl (C=O) groups excluding carboxylic acids is 1. The van der Waals surface area contributed by atoms with Crippen LogP contribution in [0.25, 0.3) is 0 Å². The molecule has 2 rings (SSSR count). The van der Waals surface area contributed by atoms with Gasteiger partial charge in [0.1, 0.15) is 0 Å². The molecule has 0 heterocycles. The van der Waals surface area contributed by atoms with Crippen LogP contribution in [0.5, 0.6) is 0 Å². The highest BCUT2D eigenvalue weighted by atomic mass is 16.1. The van der Waals surface area contributed by atoms with Crippen molar-refractivity contribution in [2.75, 3.05) is 11.9 Å². The molecule has 0 unspecified atom stereocenters. The molecular formula is C16H23NO. The third-order valence-electron chi connectivity index (χ3n) is 4.29. The molecule has 1 saturated carbocycles. The second-order valence-electron chi connectivity index (χ2n) is 5.72. The van der Waals surface area contributed by atoms with E-state index in [1.54, 1.807) is 0 Å². The summed E-state index contributed by atoms with van der Waals surface area (Å²) in [5.41, 5.74) is 2.44. The number of nitrogens with one attached hydrogen (secondary N) is 1. The summed E-state index contributed by atoms with van der Waals surface area (Å²) in [6.07, 6.45) is 3.25. The zero-order valence-corrected chi connectivity index (χ0v) is 11.6. The van der Waals surface area contributed by atoms with Crippen molar-refractivity contribution >= 4 is 11.5 Å². The van der Waals surface area contributed by atoms with Crippen LogP contribution in [0.3, 0.4) is 0 Å². The van der Waals surface area contributed by atoms with Crippen LogP contribution >= 0.6 is 0 Å². The molecule has 0 aliphatic heterocycles. The molecule has 1 aromatic rings. The summed E-state index contributed by atoms with van der Waals surface area (Å²) in [5.74, 6) is 0.952. The highest BCUT2D eigenvalue weighted by molar-refractivity contribution is 5.96. The van der Waals surface area contributed by atoms with Crippen molar-refractivity contribution in [2.24, 2.45) is 11.3 Å². The van der Waals surface area contributed by atoms with E-state index in [1.807, 2.05) is 31.2 Å². The van der Waals surface area contributed by atoms with Crippen molar-refractivity contribution in [1.29, 1.82) is 0 Å². The fraction of sp³-hybridized carbons (Fsp3) is 0.562. The second-order valence-corrected chi connectivity index (χ2v) is 5.72. The van der Waals surface area contributed by atoms with Crippen LogP contribution in [0, 0.1) is 11.3 Å². The topological polar surface area (TPSA) is 29.1 Å². The highest BCUT2D eigenvalue weighted by Crippen LogP contribution is 2.51. The maximum absolute atomic E-state index is 11.5. The molecule has 1 fully saturated rings. The van der Waals surface area contributed by atoms with E-state index in [-0.39, 0.29) is 5.78 Å². The number of hydrogen-bond donors (Lipinski definition) is 1. The number of benzene rings is 1. The fourth-order valence-electron chi connectivity index (χ4n) is 2.37. The predicted octanol–water partition coefficient (Wildman–Crippen LogP) is 4.13. The number of rotatable bonds is 6. The third-order valence-corrected chi connectivity index (χ3v) is 4.29. The standard InChI is InChI=1S/C16H23NO/c1-4-15(18)13-5-7-14(8-6-13)17-11-16(9-10-16)12(2)3/h5-8,12,17H,4,9-11H2,1-3H3. The highest BCUT2D eigenvalue weighted by Gasteiger charge is 2.44. The smallest absolute Gasteiger partial charge is 0.162 e. The van der Waals surface area contributed by atoms with Crippen LogP contribution in [-0.4, -0.2) is 12.3 Å². The molecule has 1 aromatic carbocycles. The Morgan fingerprint density at radius 1 is 1.28 bits per heavy atom. The van der Waals surface area contributed by atoms with E-state index in [0.29, 0.717) is 11.8 Å². The van der Waals surface area contributed by atoms with Crippen LogP contribution in [0.4, 0.5) is 5.69 Å². The molecule has 0 aromatic heterocycles. The minimum atomic E-state index is 0.211. The van der Waals surface area contributed by atoms with E-state index in [0.717, 1.165) is 23.7 Å². The monoisotopic (exact) mass is 245 g/mol. The van der Waals surface area contributed by atoms with Crippen molar-refractivity contribution in [2.45, 2.75) is 40.0 Å². The first-order valence-electron chi connectivity index (χ1n) is 6.94. The van der Waals surface area contributed by atoms with Gasteiger partial charge in [-0.3, -0.25) is 4.79 Å². The lowest BCUT2D eigenvalue weighted by Crippen LogP contribution is -2.20. The predicted molar refractivity (Wildman–Crippen MR) is 76.1 cm³/mol. The fourth-order valence-corrected chi connectivity index (χ4v) is 2.37. The van der Waals surface area contributed by atoms with Gasteiger partial charge in [0.25, 0.3) is 0 Å². The van der Waals surface area contributed by atoms with Gasteiger partial charge in [-0.15, -0.1) is 0 Å². The maximum Gasteiger partial charge on any atom is 0.162 e. The van der Waals surface area contributed by atoms with Gasteiger partial charge in [-0.05, 0) is 48.4 Å². The molecule has 0 amide bonds. The normalized spacial score (nSPS) is 16.7. The summed E-state index contributed by atoms with van der Waals surface area (Å²) in [4.78, 5) is 11.5. The van der Waals surface area contributed by atoms with Crippen molar-refractivity contribution in [3.63, 3.8) is 0 Å². The van der Waals surface area contributed by atoms with E-state index < -0.39 is 0 Å².